The summed E-state index contributed by atoms with van der Waals surface area (Å²) in [6.07, 6.45) is 4.26. The molecule has 3 rings (SSSR count). The van der Waals surface area contributed by atoms with E-state index < -0.39 is 0 Å². The van der Waals surface area contributed by atoms with Gasteiger partial charge in [-0.3, -0.25) is 4.90 Å². The second kappa shape index (κ2) is 11.4. The number of aromatic nitrogens is 1. The maximum atomic E-state index is 5.32. The first-order valence-corrected chi connectivity index (χ1v) is 10.6. The van der Waals surface area contributed by atoms with Crippen LogP contribution in [0.5, 0.6) is 11.6 Å². The monoisotopic (exact) mass is 411 g/mol. The number of likely N-dealkylation sites (tertiary alicyclic amines) is 1. The number of hydrogen-bond donors (Lipinski definition) is 2. The van der Waals surface area contributed by atoms with Crippen molar-refractivity contribution in [2.24, 2.45) is 4.99 Å². The van der Waals surface area contributed by atoms with Gasteiger partial charge < -0.3 is 20.1 Å². The molecule has 30 heavy (non-hydrogen) atoms. The lowest BCUT2D eigenvalue weighted by molar-refractivity contribution is 0.245. The summed E-state index contributed by atoms with van der Waals surface area (Å²) in [6, 6.07) is 12.6. The summed E-state index contributed by atoms with van der Waals surface area (Å²) in [5, 5.41) is 6.89. The SMILES string of the molecule is CCNC(=NCc1ccnc(OC)c1)NCC(c1ccc(OC)cc1)N1CCCC1. The molecule has 1 aromatic heterocycles. The molecule has 2 heterocycles. The van der Waals surface area contributed by atoms with Crippen molar-refractivity contribution in [3.05, 3.63) is 53.7 Å². The van der Waals surface area contributed by atoms with Crippen LogP contribution in [0.2, 0.25) is 0 Å². The maximum Gasteiger partial charge on any atom is 0.213 e. The predicted octanol–water partition coefficient (Wildman–Crippen LogP) is 2.99. The number of pyridine rings is 1. The van der Waals surface area contributed by atoms with E-state index in [1.807, 2.05) is 24.3 Å². The quantitative estimate of drug-likeness (QED) is 0.488. The van der Waals surface area contributed by atoms with Crippen LogP contribution in [0, 0.1) is 0 Å². The number of nitrogens with one attached hydrogen (secondary N) is 2. The highest BCUT2D eigenvalue weighted by Gasteiger charge is 2.23. The highest BCUT2D eigenvalue weighted by Crippen LogP contribution is 2.26. The lowest BCUT2D eigenvalue weighted by atomic mass is 10.1. The Morgan fingerprint density at radius 1 is 1.10 bits per heavy atom. The molecule has 1 unspecified atom stereocenters. The van der Waals surface area contributed by atoms with Crippen LogP contribution in [0.3, 0.4) is 0 Å². The maximum absolute atomic E-state index is 5.32. The van der Waals surface area contributed by atoms with E-state index in [2.05, 4.69) is 39.6 Å². The molecule has 162 valence electrons. The van der Waals surface area contributed by atoms with E-state index in [4.69, 9.17) is 14.5 Å². The summed E-state index contributed by atoms with van der Waals surface area (Å²) in [4.78, 5) is 11.5. The van der Waals surface area contributed by atoms with Crippen molar-refractivity contribution in [3.63, 3.8) is 0 Å². The Labute approximate surface area is 179 Å². The minimum atomic E-state index is 0.295. The van der Waals surface area contributed by atoms with Gasteiger partial charge in [0.15, 0.2) is 5.96 Å². The smallest absolute Gasteiger partial charge is 0.213 e. The number of methoxy groups -OCH3 is 2. The van der Waals surface area contributed by atoms with Crippen molar-refractivity contribution in [2.75, 3.05) is 40.4 Å². The Balaban J connectivity index is 1.69. The van der Waals surface area contributed by atoms with E-state index in [1.165, 1.54) is 18.4 Å². The number of hydrogen-bond acceptors (Lipinski definition) is 5. The Morgan fingerprint density at radius 3 is 2.53 bits per heavy atom. The topological polar surface area (TPSA) is 71.0 Å². The fourth-order valence-corrected chi connectivity index (χ4v) is 3.70. The lowest BCUT2D eigenvalue weighted by Crippen LogP contribution is -2.42. The fourth-order valence-electron chi connectivity index (χ4n) is 3.70. The summed E-state index contributed by atoms with van der Waals surface area (Å²) in [5.74, 6) is 2.30. The van der Waals surface area contributed by atoms with Crippen LogP contribution in [0.15, 0.2) is 47.6 Å². The van der Waals surface area contributed by atoms with E-state index >= 15 is 0 Å². The van der Waals surface area contributed by atoms with E-state index in [0.29, 0.717) is 18.5 Å². The van der Waals surface area contributed by atoms with Crippen LogP contribution in [-0.4, -0.2) is 56.2 Å². The molecule has 1 fully saturated rings. The molecule has 0 bridgehead atoms. The fraction of sp³-hybridized carbons (Fsp3) is 0.478. The van der Waals surface area contributed by atoms with Crippen molar-refractivity contribution < 1.29 is 9.47 Å². The van der Waals surface area contributed by atoms with Gasteiger partial charge in [-0.25, -0.2) is 9.98 Å². The molecule has 1 saturated heterocycles. The number of nitrogens with zero attached hydrogens (tertiary/aromatic N) is 3. The zero-order chi connectivity index (χ0) is 21.2. The lowest BCUT2D eigenvalue weighted by Gasteiger charge is -2.29. The summed E-state index contributed by atoms with van der Waals surface area (Å²) in [6.45, 7) is 6.49. The molecule has 2 N–H and O–H groups in total. The van der Waals surface area contributed by atoms with E-state index in [1.54, 1.807) is 20.4 Å². The van der Waals surface area contributed by atoms with E-state index in [-0.39, 0.29) is 0 Å². The summed E-state index contributed by atoms with van der Waals surface area (Å²) in [7, 11) is 3.32. The van der Waals surface area contributed by atoms with Gasteiger partial charge >= 0.3 is 0 Å². The van der Waals surface area contributed by atoms with E-state index in [9.17, 15) is 0 Å². The molecule has 0 spiro atoms. The molecule has 0 radical (unpaired) electrons. The molecule has 1 aliphatic rings. The highest BCUT2D eigenvalue weighted by atomic mass is 16.5. The number of ether oxygens (including phenoxy) is 2. The first kappa shape index (κ1) is 21.9. The van der Waals surface area contributed by atoms with Gasteiger partial charge in [-0.05, 0) is 62.2 Å². The Bertz CT molecular complexity index is 803. The van der Waals surface area contributed by atoms with Gasteiger partial charge in [-0.15, -0.1) is 0 Å². The number of rotatable bonds is 9. The number of aliphatic imine (C=N–C) groups is 1. The summed E-state index contributed by atoms with van der Waals surface area (Å²) in [5.41, 5.74) is 2.35. The van der Waals surface area contributed by atoms with Crippen LogP contribution in [0.4, 0.5) is 0 Å². The van der Waals surface area contributed by atoms with Crippen LogP contribution in [0.1, 0.15) is 36.9 Å². The third kappa shape index (κ3) is 6.10. The molecule has 1 aromatic carbocycles. The van der Waals surface area contributed by atoms with Crippen LogP contribution in [0.25, 0.3) is 0 Å². The average molecular weight is 412 g/mol. The largest absolute Gasteiger partial charge is 0.497 e. The minimum absolute atomic E-state index is 0.295. The molecule has 0 aliphatic carbocycles. The molecule has 0 saturated carbocycles. The van der Waals surface area contributed by atoms with Crippen molar-refractivity contribution in [1.29, 1.82) is 0 Å². The molecule has 0 amide bonds. The average Bonchev–Trinajstić information content (AvgIpc) is 3.32. The molecule has 1 atom stereocenters. The van der Waals surface area contributed by atoms with Gasteiger partial charge in [0, 0.05) is 25.4 Å². The number of benzene rings is 1. The van der Waals surface area contributed by atoms with Crippen LogP contribution in [-0.2, 0) is 6.54 Å². The molecule has 2 aromatic rings. The number of guanidine groups is 1. The van der Waals surface area contributed by atoms with Crippen LogP contribution >= 0.6 is 0 Å². The third-order valence-corrected chi connectivity index (χ3v) is 5.32. The Kier molecular flexibility index (Phi) is 8.32. The van der Waals surface area contributed by atoms with Crippen molar-refractivity contribution in [2.45, 2.75) is 32.4 Å². The molecule has 7 heteroatoms. The van der Waals surface area contributed by atoms with Crippen LogP contribution < -0.4 is 20.1 Å². The zero-order valence-electron chi connectivity index (χ0n) is 18.2. The molecular formula is C23H33N5O2. The van der Waals surface area contributed by atoms with Gasteiger partial charge in [-0.2, -0.15) is 0 Å². The normalized spacial score (nSPS) is 15.6. The van der Waals surface area contributed by atoms with Gasteiger partial charge in [-0.1, -0.05) is 12.1 Å². The highest BCUT2D eigenvalue weighted by molar-refractivity contribution is 5.79. The zero-order valence-corrected chi connectivity index (χ0v) is 18.2. The second-order valence-electron chi connectivity index (χ2n) is 7.31. The van der Waals surface area contributed by atoms with Gasteiger partial charge in [0.2, 0.25) is 5.88 Å². The van der Waals surface area contributed by atoms with Gasteiger partial charge in [0.05, 0.1) is 26.8 Å². The molecule has 1 aliphatic heterocycles. The standard InChI is InChI=1S/C23H33N5O2/c1-4-24-23(26-16-18-11-12-25-22(15-18)30-3)27-17-21(28-13-5-6-14-28)19-7-9-20(29-2)10-8-19/h7-12,15,21H,4-6,13-14,16-17H2,1-3H3,(H2,24,26,27). The Morgan fingerprint density at radius 2 is 1.87 bits per heavy atom. The Hall–Kier alpha value is -2.80. The van der Waals surface area contributed by atoms with Crippen molar-refractivity contribution >= 4 is 5.96 Å². The summed E-state index contributed by atoms with van der Waals surface area (Å²) < 4.78 is 10.5. The van der Waals surface area contributed by atoms with Gasteiger partial charge in [0.25, 0.3) is 0 Å². The van der Waals surface area contributed by atoms with Crippen molar-refractivity contribution in [1.82, 2.24) is 20.5 Å². The van der Waals surface area contributed by atoms with Gasteiger partial charge in [0.1, 0.15) is 5.75 Å². The summed E-state index contributed by atoms with van der Waals surface area (Å²) >= 11 is 0. The molecular weight excluding hydrogens is 378 g/mol. The predicted molar refractivity (Wildman–Crippen MR) is 120 cm³/mol. The first-order valence-electron chi connectivity index (χ1n) is 10.6. The first-order chi connectivity index (χ1) is 14.7. The van der Waals surface area contributed by atoms with E-state index in [0.717, 1.165) is 43.5 Å². The second-order valence-corrected chi connectivity index (χ2v) is 7.31. The van der Waals surface area contributed by atoms with Crippen molar-refractivity contribution in [3.8, 4) is 11.6 Å². The third-order valence-electron chi connectivity index (χ3n) is 5.32. The minimum Gasteiger partial charge on any atom is -0.497 e. The molecule has 7 nitrogen and oxygen atoms in total.